The van der Waals surface area contributed by atoms with Gasteiger partial charge in [0.25, 0.3) is 5.91 Å². The fourth-order valence-electron chi connectivity index (χ4n) is 2.03. The number of nitrogens with two attached hydrogens (primary N) is 1. The second-order valence-electron chi connectivity index (χ2n) is 5.06. The molecule has 0 saturated heterocycles. The summed E-state index contributed by atoms with van der Waals surface area (Å²) < 4.78 is 0. The van der Waals surface area contributed by atoms with E-state index in [4.69, 9.17) is 5.73 Å². The van der Waals surface area contributed by atoms with Crippen LogP contribution in [0.25, 0.3) is 0 Å². The van der Waals surface area contributed by atoms with Gasteiger partial charge in [0.1, 0.15) is 5.82 Å². The highest BCUT2D eigenvalue weighted by Crippen LogP contribution is 2.12. The molecule has 21 heavy (non-hydrogen) atoms. The van der Waals surface area contributed by atoms with E-state index in [-0.39, 0.29) is 18.4 Å². The van der Waals surface area contributed by atoms with Crippen molar-refractivity contribution in [2.45, 2.75) is 46.1 Å². The zero-order chi connectivity index (χ0) is 15.8. The maximum atomic E-state index is 12.2. The number of nitrogens with zero attached hydrogens (tertiary/aromatic N) is 1. The molecule has 0 radical (unpaired) electrons. The first-order valence-corrected chi connectivity index (χ1v) is 7.30. The van der Waals surface area contributed by atoms with Gasteiger partial charge in [0, 0.05) is 30.3 Å². The van der Waals surface area contributed by atoms with E-state index in [1.165, 1.54) is 0 Å². The van der Waals surface area contributed by atoms with E-state index in [0.29, 0.717) is 11.4 Å². The van der Waals surface area contributed by atoms with Crippen LogP contribution < -0.4 is 16.4 Å². The SMILES string of the molecule is CCCc1cc(C(=O)NC(C)CC(N)=O)cc(NCC)n1. The first-order valence-electron chi connectivity index (χ1n) is 7.30. The van der Waals surface area contributed by atoms with Crippen molar-refractivity contribution in [3.05, 3.63) is 23.4 Å². The Hall–Kier alpha value is -2.11. The van der Waals surface area contributed by atoms with Crippen molar-refractivity contribution < 1.29 is 9.59 Å². The van der Waals surface area contributed by atoms with Gasteiger partial charge in [0.2, 0.25) is 5.91 Å². The van der Waals surface area contributed by atoms with Gasteiger partial charge >= 0.3 is 0 Å². The standard InChI is InChI=1S/C15H24N4O2/c1-4-6-12-8-11(9-14(19-12)17-5-2)15(21)18-10(3)7-13(16)20/h8-10H,4-7H2,1-3H3,(H2,16,20)(H,17,19)(H,18,21). The highest BCUT2D eigenvalue weighted by atomic mass is 16.2. The molecule has 6 nitrogen and oxygen atoms in total. The number of amides is 2. The number of aryl methyl sites for hydroxylation is 1. The Morgan fingerprint density at radius 2 is 2.05 bits per heavy atom. The van der Waals surface area contributed by atoms with Crippen LogP contribution in [0.2, 0.25) is 0 Å². The van der Waals surface area contributed by atoms with Crippen molar-refractivity contribution in [2.24, 2.45) is 5.73 Å². The minimum absolute atomic E-state index is 0.124. The molecule has 1 unspecified atom stereocenters. The Bertz CT molecular complexity index is 478. The van der Waals surface area contributed by atoms with Gasteiger partial charge in [-0.2, -0.15) is 0 Å². The molecule has 0 aliphatic carbocycles. The van der Waals surface area contributed by atoms with E-state index < -0.39 is 5.91 Å². The molecule has 0 spiro atoms. The molecule has 0 aliphatic heterocycles. The summed E-state index contributed by atoms with van der Waals surface area (Å²) in [5, 5.41) is 5.89. The van der Waals surface area contributed by atoms with E-state index in [1.54, 1.807) is 19.1 Å². The third-order valence-electron chi connectivity index (χ3n) is 2.89. The first-order chi connectivity index (χ1) is 9.96. The molecule has 1 heterocycles. The molecule has 4 N–H and O–H groups in total. The summed E-state index contributed by atoms with van der Waals surface area (Å²) in [6.45, 7) is 6.53. The summed E-state index contributed by atoms with van der Waals surface area (Å²) in [4.78, 5) is 27.5. The van der Waals surface area contributed by atoms with Crippen LogP contribution in [0.4, 0.5) is 5.82 Å². The smallest absolute Gasteiger partial charge is 0.251 e. The van der Waals surface area contributed by atoms with Crippen molar-refractivity contribution in [1.29, 1.82) is 0 Å². The van der Waals surface area contributed by atoms with Crippen molar-refractivity contribution in [2.75, 3.05) is 11.9 Å². The fourth-order valence-corrected chi connectivity index (χ4v) is 2.03. The summed E-state index contributed by atoms with van der Waals surface area (Å²) >= 11 is 0. The van der Waals surface area contributed by atoms with Gasteiger partial charge < -0.3 is 16.4 Å². The van der Waals surface area contributed by atoms with Gasteiger partial charge in [-0.05, 0) is 32.4 Å². The molecule has 0 bridgehead atoms. The van der Waals surface area contributed by atoms with Gasteiger partial charge in [-0.25, -0.2) is 4.98 Å². The van der Waals surface area contributed by atoms with Gasteiger partial charge in [-0.1, -0.05) is 13.3 Å². The van der Waals surface area contributed by atoms with Gasteiger partial charge in [0.05, 0.1) is 0 Å². The normalized spacial score (nSPS) is 11.8. The number of aromatic nitrogens is 1. The lowest BCUT2D eigenvalue weighted by Gasteiger charge is -2.14. The minimum Gasteiger partial charge on any atom is -0.370 e. The van der Waals surface area contributed by atoms with Crippen LogP contribution in [-0.4, -0.2) is 29.4 Å². The van der Waals surface area contributed by atoms with E-state index >= 15 is 0 Å². The Kier molecular flexibility index (Phi) is 6.65. The van der Waals surface area contributed by atoms with Crippen molar-refractivity contribution in [3.8, 4) is 0 Å². The number of carbonyl (C=O) groups is 2. The van der Waals surface area contributed by atoms with Crippen LogP contribution in [0.1, 0.15) is 49.7 Å². The first kappa shape index (κ1) is 16.9. The quantitative estimate of drug-likeness (QED) is 0.675. The molecule has 1 aromatic heterocycles. The number of nitrogens with one attached hydrogen (secondary N) is 2. The Balaban J connectivity index is 2.88. The van der Waals surface area contributed by atoms with Gasteiger partial charge in [-0.15, -0.1) is 0 Å². The number of pyridine rings is 1. The lowest BCUT2D eigenvalue weighted by Crippen LogP contribution is -2.35. The molecule has 2 amide bonds. The Labute approximate surface area is 125 Å². The van der Waals surface area contributed by atoms with Crippen LogP contribution >= 0.6 is 0 Å². The highest BCUT2D eigenvalue weighted by molar-refractivity contribution is 5.95. The number of hydrogen-bond donors (Lipinski definition) is 3. The number of primary amides is 1. The van der Waals surface area contributed by atoms with Crippen molar-refractivity contribution in [1.82, 2.24) is 10.3 Å². The molecule has 6 heteroatoms. The summed E-state index contributed by atoms with van der Waals surface area (Å²) in [6.07, 6.45) is 1.90. The van der Waals surface area contributed by atoms with E-state index in [0.717, 1.165) is 25.1 Å². The molecule has 0 fully saturated rings. The van der Waals surface area contributed by atoms with E-state index in [9.17, 15) is 9.59 Å². The molecule has 0 saturated carbocycles. The number of anilines is 1. The highest BCUT2D eigenvalue weighted by Gasteiger charge is 2.13. The average Bonchev–Trinajstić information content (AvgIpc) is 2.38. The summed E-state index contributed by atoms with van der Waals surface area (Å²) in [5.74, 6) is 0.0383. The maximum absolute atomic E-state index is 12.2. The predicted molar refractivity (Wildman–Crippen MR) is 83.1 cm³/mol. The third kappa shape index (κ3) is 5.81. The number of carbonyl (C=O) groups excluding carboxylic acids is 2. The van der Waals surface area contributed by atoms with Crippen LogP contribution in [-0.2, 0) is 11.2 Å². The largest absolute Gasteiger partial charge is 0.370 e. The molecule has 1 rings (SSSR count). The van der Waals surface area contributed by atoms with Crippen LogP contribution in [0.15, 0.2) is 12.1 Å². The maximum Gasteiger partial charge on any atom is 0.251 e. The van der Waals surface area contributed by atoms with E-state index in [2.05, 4.69) is 22.5 Å². The van der Waals surface area contributed by atoms with Crippen LogP contribution in [0, 0.1) is 0 Å². The minimum atomic E-state index is -0.433. The third-order valence-corrected chi connectivity index (χ3v) is 2.89. The topological polar surface area (TPSA) is 97.1 Å². The molecule has 0 aromatic carbocycles. The number of hydrogen-bond acceptors (Lipinski definition) is 4. The summed E-state index contributed by atoms with van der Waals surface area (Å²) in [6, 6.07) is 3.21. The molecule has 1 aromatic rings. The molecule has 0 aliphatic rings. The summed E-state index contributed by atoms with van der Waals surface area (Å²) in [7, 11) is 0. The Morgan fingerprint density at radius 1 is 1.33 bits per heavy atom. The van der Waals surface area contributed by atoms with Crippen LogP contribution in [0.3, 0.4) is 0 Å². The predicted octanol–water partition coefficient (Wildman–Crippen LogP) is 1.46. The molecular formula is C15H24N4O2. The summed E-state index contributed by atoms with van der Waals surface area (Å²) in [5.41, 5.74) is 6.55. The molecule has 116 valence electrons. The van der Waals surface area contributed by atoms with Crippen molar-refractivity contribution >= 4 is 17.6 Å². The average molecular weight is 292 g/mol. The monoisotopic (exact) mass is 292 g/mol. The lowest BCUT2D eigenvalue weighted by molar-refractivity contribution is -0.118. The second kappa shape index (κ2) is 8.24. The Morgan fingerprint density at radius 3 is 2.62 bits per heavy atom. The second-order valence-corrected chi connectivity index (χ2v) is 5.06. The number of rotatable bonds is 8. The van der Waals surface area contributed by atoms with Crippen LogP contribution in [0.5, 0.6) is 0 Å². The van der Waals surface area contributed by atoms with E-state index in [1.807, 2.05) is 6.92 Å². The van der Waals surface area contributed by atoms with Gasteiger partial charge in [-0.3, -0.25) is 9.59 Å². The van der Waals surface area contributed by atoms with Gasteiger partial charge in [0.15, 0.2) is 0 Å². The molecule has 1 atom stereocenters. The zero-order valence-corrected chi connectivity index (χ0v) is 12.9. The lowest BCUT2D eigenvalue weighted by atomic mass is 10.1. The molecular weight excluding hydrogens is 268 g/mol. The fraction of sp³-hybridized carbons (Fsp3) is 0.533. The van der Waals surface area contributed by atoms with Crippen molar-refractivity contribution in [3.63, 3.8) is 0 Å². The zero-order valence-electron chi connectivity index (χ0n) is 12.9.